The van der Waals surface area contributed by atoms with Gasteiger partial charge in [-0.05, 0) is 74.1 Å². The van der Waals surface area contributed by atoms with Crippen LogP contribution in [0.1, 0.15) is 71.6 Å². The SMILES string of the molecule is CC(CCn1ccc(I)cc1=O)(C(=O)NOC1CCCCO1)S(C)(=O)=O.CCCC(=O)N(OC1CCCCO1)S(C)(=O)=O. The molecule has 14 nitrogen and oxygen atoms in total. The van der Waals surface area contributed by atoms with Crippen LogP contribution in [-0.2, 0) is 55.1 Å². The fraction of sp³-hybridized carbons (Fsp3) is 0.731. The summed E-state index contributed by atoms with van der Waals surface area (Å²) in [5.41, 5.74) is 1.98. The smallest absolute Gasteiger partial charge is 0.264 e. The van der Waals surface area contributed by atoms with E-state index in [0.717, 1.165) is 41.8 Å². The highest BCUT2D eigenvalue weighted by atomic mass is 127. The van der Waals surface area contributed by atoms with Crippen molar-refractivity contribution in [2.75, 3.05) is 25.7 Å². The highest BCUT2D eigenvalue weighted by molar-refractivity contribution is 14.1. The molecule has 0 radical (unpaired) electrons. The molecule has 1 aromatic heterocycles. The number of sulfone groups is 1. The molecule has 1 N–H and O–H groups in total. The largest absolute Gasteiger partial charge is 0.350 e. The highest BCUT2D eigenvalue weighted by Gasteiger charge is 2.44. The molecule has 1 aromatic rings. The van der Waals surface area contributed by atoms with Gasteiger partial charge in [-0.15, -0.1) is 4.47 Å². The lowest BCUT2D eigenvalue weighted by Crippen LogP contribution is -2.51. The number of nitrogens with zero attached hydrogens (tertiary/aromatic N) is 2. The van der Waals surface area contributed by atoms with Crippen LogP contribution in [0.4, 0.5) is 0 Å². The maximum atomic E-state index is 12.6. The number of hydrogen-bond donors (Lipinski definition) is 1. The zero-order valence-corrected chi connectivity index (χ0v) is 28.7. The number of amides is 2. The summed E-state index contributed by atoms with van der Waals surface area (Å²) < 4.78 is 58.9. The number of halogens is 1. The van der Waals surface area contributed by atoms with E-state index in [2.05, 4.69) is 5.48 Å². The Morgan fingerprint density at radius 3 is 2.19 bits per heavy atom. The Labute approximate surface area is 266 Å². The molecule has 3 atom stereocenters. The zero-order valence-electron chi connectivity index (χ0n) is 25.0. The van der Waals surface area contributed by atoms with Gasteiger partial charge in [-0.1, -0.05) is 6.92 Å². The lowest BCUT2D eigenvalue weighted by molar-refractivity contribution is -0.247. The number of ether oxygens (including phenoxy) is 2. The molecule has 2 aliphatic rings. The number of aryl methyl sites for hydroxylation is 1. The molecule has 3 rings (SSSR count). The number of carbonyl (C=O) groups excluding carboxylic acids is 2. The van der Waals surface area contributed by atoms with Crippen LogP contribution in [0.15, 0.2) is 23.1 Å². The third-order valence-corrected chi connectivity index (χ3v) is 10.4. The fourth-order valence-electron chi connectivity index (χ4n) is 4.03. The zero-order chi connectivity index (χ0) is 32.3. The summed E-state index contributed by atoms with van der Waals surface area (Å²) in [5, 5.41) is 0. The standard InChI is InChI=1S/C16H23IN2O6S.C10H19NO5S/c1-16(26(2,22)23,7-9-19-8-6-12(17)11-13(19)20)15(21)18-25-14-5-3-4-10-24-14;1-3-6-9(12)11(17(2,13)14)16-10-7-4-5-8-15-10/h6,8,11,14H,3-5,7,9-10H2,1-2H3,(H,18,21);10H,3-8H2,1-2H3. The van der Waals surface area contributed by atoms with Crippen molar-refractivity contribution < 1.29 is 45.6 Å². The fourth-order valence-corrected chi connectivity index (χ4v) is 6.01. The van der Waals surface area contributed by atoms with Gasteiger partial charge >= 0.3 is 0 Å². The number of hydrogen-bond acceptors (Lipinski definition) is 11. The normalized spacial score (nSPS) is 20.7. The van der Waals surface area contributed by atoms with E-state index >= 15 is 0 Å². The van der Waals surface area contributed by atoms with E-state index in [1.165, 1.54) is 17.6 Å². The summed E-state index contributed by atoms with van der Waals surface area (Å²) >= 11 is 2.02. The summed E-state index contributed by atoms with van der Waals surface area (Å²) in [7, 11) is -7.46. The summed E-state index contributed by atoms with van der Waals surface area (Å²) in [4.78, 5) is 46.5. The van der Waals surface area contributed by atoms with Crippen molar-refractivity contribution in [2.45, 2.75) is 95.5 Å². The van der Waals surface area contributed by atoms with Gasteiger partial charge in [-0.3, -0.25) is 14.4 Å². The summed E-state index contributed by atoms with van der Waals surface area (Å²) in [6, 6.07) is 3.19. The minimum Gasteiger partial charge on any atom is -0.350 e. The van der Waals surface area contributed by atoms with Gasteiger partial charge < -0.3 is 14.0 Å². The van der Waals surface area contributed by atoms with Crippen LogP contribution in [0.2, 0.25) is 0 Å². The van der Waals surface area contributed by atoms with Gasteiger partial charge in [0.05, 0.1) is 6.26 Å². The van der Waals surface area contributed by atoms with Crippen LogP contribution in [0.25, 0.3) is 0 Å². The summed E-state index contributed by atoms with van der Waals surface area (Å²) in [5.74, 6) is -1.32. The maximum absolute atomic E-state index is 12.6. The Morgan fingerprint density at radius 1 is 1.09 bits per heavy atom. The van der Waals surface area contributed by atoms with Crippen molar-refractivity contribution >= 4 is 54.3 Å². The van der Waals surface area contributed by atoms with E-state index in [4.69, 9.17) is 19.1 Å². The average Bonchev–Trinajstić information content (AvgIpc) is 2.94. The maximum Gasteiger partial charge on any atom is 0.264 e. The van der Waals surface area contributed by atoms with Crippen molar-refractivity contribution in [3.05, 3.63) is 32.3 Å². The van der Waals surface area contributed by atoms with Gasteiger partial charge in [-0.2, -0.15) is 0 Å². The molecule has 2 amide bonds. The van der Waals surface area contributed by atoms with Crippen LogP contribution in [0.3, 0.4) is 0 Å². The molecule has 2 fully saturated rings. The Balaban J connectivity index is 0.000000329. The first-order valence-corrected chi connectivity index (χ1v) is 18.8. The lowest BCUT2D eigenvalue weighted by atomic mass is 10.1. The Kier molecular flexibility index (Phi) is 15.0. The quantitative estimate of drug-likeness (QED) is 0.244. The monoisotopic (exact) mass is 763 g/mol. The molecule has 0 aromatic carbocycles. The van der Waals surface area contributed by atoms with E-state index in [9.17, 15) is 31.2 Å². The van der Waals surface area contributed by atoms with Gasteiger partial charge in [0.25, 0.3) is 27.4 Å². The molecule has 0 aliphatic carbocycles. The molecule has 3 heterocycles. The van der Waals surface area contributed by atoms with Crippen LogP contribution in [-0.4, -0.2) is 80.7 Å². The minimum absolute atomic E-state index is 0.0625. The third kappa shape index (κ3) is 12.0. The van der Waals surface area contributed by atoms with Gasteiger partial charge in [0.15, 0.2) is 27.2 Å². The second-order valence-electron chi connectivity index (χ2n) is 10.5. The van der Waals surface area contributed by atoms with E-state index in [0.29, 0.717) is 36.9 Å². The first kappa shape index (κ1) is 37.5. The van der Waals surface area contributed by atoms with Crippen LogP contribution < -0.4 is 11.0 Å². The molecule has 0 bridgehead atoms. The number of aromatic nitrogens is 1. The minimum atomic E-state index is -3.76. The molecule has 0 saturated carbocycles. The topological polar surface area (TPSA) is 177 Å². The molecular weight excluding hydrogens is 721 g/mol. The van der Waals surface area contributed by atoms with Gasteiger partial charge in [0.1, 0.15) is 0 Å². The summed E-state index contributed by atoms with van der Waals surface area (Å²) in [6.45, 7) is 4.30. The van der Waals surface area contributed by atoms with E-state index < -0.39 is 49.0 Å². The Bertz CT molecular complexity index is 1340. The number of sulfonamides is 1. The molecule has 3 unspecified atom stereocenters. The van der Waals surface area contributed by atoms with Gasteiger partial charge in [0.2, 0.25) is 0 Å². The van der Waals surface area contributed by atoms with Crippen molar-refractivity contribution in [3.8, 4) is 0 Å². The second kappa shape index (κ2) is 17.2. The summed E-state index contributed by atoms with van der Waals surface area (Å²) in [6.07, 6.45) is 7.88. The van der Waals surface area contributed by atoms with E-state index in [-0.39, 0.29) is 24.9 Å². The number of rotatable bonds is 12. The van der Waals surface area contributed by atoms with Crippen LogP contribution >= 0.6 is 22.6 Å². The first-order valence-electron chi connectivity index (χ1n) is 14.0. The third-order valence-electron chi connectivity index (χ3n) is 6.83. The van der Waals surface area contributed by atoms with Crippen molar-refractivity contribution in [2.24, 2.45) is 0 Å². The Hall–Kier alpha value is -1.64. The molecule has 0 spiro atoms. The number of carbonyl (C=O) groups is 2. The molecule has 246 valence electrons. The Morgan fingerprint density at radius 2 is 1.70 bits per heavy atom. The van der Waals surface area contributed by atoms with Crippen molar-refractivity contribution in [1.29, 1.82) is 0 Å². The van der Waals surface area contributed by atoms with Gasteiger partial charge in [0, 0.05) is 61.1 Å². The second-order valence-corrected chi connectivity index (χ2v) is 16.0. The molecule has 43 heavy (non-hydrogen) atoms. The van der Waals surface area contributed by atoms with Gasteiger partial charge in [-0.25, -0.2) is 32.0 Å². The first-order chi connectivity index (χ1) is 20.1. The number of hydroxylamine groups is 2. The highest BCUT2D eigenvalue weighted by Crippen LogP contribution is 2.23. The van der Waals surface area contributed by atoms with Crippen LogP contribution in [0, 0.1) is 3.57 Å². The van der Waals surface area contributed by atoms with Crippen molar-refractivity contribution in [1.82, 2.24) is 14.5 Å². The molecule has 2 aliphatic heterocycles. The number of nitrogens with one attached hydrogen (secondary N) is 1. The predicted octanol–water partition coefficient (Wildman–Crippen LogP) is 2.25. The lowest BCUT2D eigenvalue weighted by Gasteiger charge is -2.28. The molecule has 17 heteroatoms. The molecular formula is C26H42IN3O11S2. The number of pyridine rings is 1. The van der Waals surface area contributed by atoms with E-state index in [1.807, 2.05) is 22.6 Å². The van der Waals surface area contributed by atoms with E-state index in [1.54, 1.807) is 19.2 Å². The van der Waals surface area contributed by atoms with Crippen LogP contribution in [0.5, 0.6) is 0 Å². The predicted molar refractivity (Wildman–Crippen MR) is 165 cm³/mol. The average molecular weight is 764 g/mol. The van der Waals surface area contributed by atoms with Crippen molar-refractivity contribution in [3.63, 3.8) is 0 Å². The molecule has 2 saturated heterocycles.